The Morgan fingerprint density at radius 2 is 1.77 bits per heavy atom. The van der Waals surface area contributed by atoms with Crippen LogP contribution in [-0.4, -0.2) is 15.3 Å². The topological polar surface area (TPSA) is 34.9 Å². The highest BCUT2D eigenvalue weighted by molar-refractivity contribution is 6.30. The zero-order valence-electron chi connectivity index (χ0n) is 11.7. The smallest absolute Gasteiger partial charge is 0.185 e. The van der Waals surface area contributed by atoms with Gasteiger partial charge in [0.25, 0.3) is 0 Å². The Morgan fingerprint density at radius 1 is 1.05 bits per heavy atom. The lowest BCUT2D eigenvalue weighted by molar-refractivity contribution is 0.104. The Hall–Kier alpha value is -2.65. The van der Waals surface area contributed by atoms with Crippen molar-refractivity contribution in [1.82, 2.24) is 9.55 Å². The van der Waals surface area contributed by atoms with Crippen molar-refractivity contribution in [3.8, 4) is 5.69 Å². The second-order valence-electron chi connectivity index (χ2n) is 4.77. The average molecular weight is 309 g/mol. The van der Waals surface area contributed by atoms with Gasteiger partial charge < -0.3 is 4.57 Å². The van der Waals surface area contributed by atoms with Gasteiger partial charge in [-0.15, -0.1) is 0 Å². The van der Waals surface area contributed by atoms with E-state index in [1.165, 1.54) is 0 Å². The van der Waals surface area contributed by atoms with Crippen LogP contribution in [0.2, 0.25) is 5.02 Å². The Labute approximate surface area is 133 Å². The number of rotatable bonds is 4. The molecule has 0 spiro atoms. The summed E-state index contributed by atoms with van der Waals surface area (Å²) in [5.41, 5.74) is 2.55. The lowest BCUT2D eigenvalue weighted by Gasteiger charge is -2.02. The van der Waals surface area contributed by atoms with Crippen LogP contribution in [-0.2, 0) is 0 Å². The number of carbonyl (C=O) groups excluding carboxylic acids is 1. The summed E-state index contributed by atoms with van der Waals surface area (Å²) in [6.45, 7) is 0. The van der Waals surface area contributed by atoms with Crippen molar-refractivity contribution in [2.75, 3.05) is 0 Å². The van der Waals surface area contributed by atoms with Crippen molar-refractivity contribution in [3.63, 3.8) is 0 Å². The molecule has 0 bridgehead atoms. The molecule has 0 fully saturated rings. The van der Waals surface area contributed by atoms with Crippen LogP contribution in [0.25, 0.3) is 11.8 Å². The Balaban J connectivity index is 1.73. The first kappa shape index (κ1) is 14.3. The minimum absolute atomic E-state index is 0.0351. The van der Waals surface area contributed by atoms with Crippen LogP contribution in [0.5, 0.6) is 0 Å². The third-order valence-corrected chi connectivity index (χ3v) is 3.50. The zero-order chi connectivity index (χ0) is 15.4. The molecule has 0 aliphatic rings. The average Bonchev–Trinajstić information content (AvgIpc) is 3.09. The highest BCUT2D eigenvalue weighted by atomic mass is 35.5. The largest absolute Gasteiger partial charge is 0.306 e. The molecule has 0 saturated heterocycles. The van der Waals surface area contributed by atoms with Crippen molar-refractivity contribution in [3.05, 3.63) is 89.5 Å². The van der Waals surface area contributed by atoms with Crippen LogP contribution in [0.15, 0.2) is 73.3 Å². The third-order valence-electron chi connectivity index (χ3n) is 3.25. The molecule has 0 radical (unpaired) electrons. The van der Waals surface area contributed by atoms with Gasteiger partial charge in [-0.05, 0) is 48.0 Å². The van der Waals surface area contributed by atoms with Crippen LogP contribution in [0, 0.1) is 0 Å². The molecule has 3 nitrogen and oxygen atoms in total. The number of aromatic nitrogens is 2. The van der Waals surface area contributed by atoms with E-state index in [1.54, 1.807) is 36.8 Å². The first-order valence-electron chi connectivity index (χ1n) is 6.79. The summed E-state index contributed by atoms with van der Waals surface area (Å²) < 4.78 is 1.89. The number of ketones is 1. The van der Waals surface area contributed by atoms with Crippen molar-refractivity contribution in [2.45, 2.75) is 0 Å². The molecular formula is C18H13ClN2O. The summed E-state index contributed by atoms with van der Waals surface area (Å²) in [4.78, 5) is 16.2. The maximum absolute atomic E-state index is 12.2. The van der Waals surface area contributed by atoms with E-state index in [9.17, 15) is 4.79 Å². The minimum Gasteiger partial charge on any atom is -0.306 e. The third kappa shape index (κ3) is 3.32. The number of carbonyl (C=O) groups is 1. The predicted octanol–water partition coefficient (Wildman–Crippen LogP) is 4.42. The van der Waals surface area contributed by atoms with Crippen LogP contribution in [0.1, 0.15) is 15.9 Å². The second-order valence-corrected chi connectivity index (χ2v) is 5.20. The molecule has 0 aliphatic heterocycles. The van der Waals surface area contributed by atoms with Gasteiger partial charge in [0.2, 0.25) is 0 Å². The van der Waals surface area contributed by atoms with Crippen LogP contribution < -0.4 is 0 Å². The van der Waals surface area contributed by atoms with E-state index in [2.05, 4.69) is 4.98 Å². The van der Waals surface area contributed by atoms with E-state index in [1.807, 2.05) is 47.2 Å². The molecule has 22 heavy (non-hydrogen) atoms. The number of nitrogens with zero attached hydrogens (tertiary/aromatic N) is 2. The van der Waals surface area contributed by atoms with Crippen LogP contribution >= 0.6 is 11.6 Å². The van der Waals surface area contributed by atoms with E-state index < -0.39 is 0 Å². The fraction of sp³-hybridized carbons (Fsp3) is 0. The molecule has 4 heteroatoms. The van der Waals surface area contributed by atoms with Gasteiger partial charge in [-0.2, -0.15) is 0 Å². The van der Waals surface area contributed by atoms with Gasteiger partial charge in [-0.3, -0.25) is 4.79 Å². The lowest BCUT2D eigenvalue weighted by atomic mass is 10.1. The number of hydrogen-bond acceptors (Lipinski definition) is 2. The maximum atomic E-state index is 12.2. The molecule has 0 atom stereocenters. The van der Waals surface area contributed by atoms with Gasteiger partial charge in [0.15, 0.2) is 5.78 Å². The Morgan fingerprint density at radius 3 is 2.41 bits per heavy atom. The molecule has 0 unspecified atom stereocenters. The van der Waals surface area contributed by atoms with Crippen LogP contribution in [0.4, 0.5) is 0 Å². The number of benzene rings is 2. The van der Waals surface area contributed by atoms with Gasteiger partial charge >= 0.3 is 0 Å². The molecular weight excluding hydrogens is 296 g/mol. The number of halogens is 1. The van der Waals surface area contributed by atoms with E-state index in [4.69, 9.17) is 11.6 Å². The maximum Gasteiger partial charge on any atom is 0.185 e. The van der Waals surface area contributed by atoms with E-state index in [0.29, 0.717) is 10.6 Å². The minimum atomic E-state index is -0.0351. The van der Waals surface area contributed by atoms with Crippen molar-refractivity contribution >= 4 is 23.5 Å². The summed E-state index contributed by atoms with van der Waals surface area (Å²) in [7, 11) is 0. The molecule has 0 N–H and O–H groups in total. The summed E-state index contributed by atoms with van der Waals surface area (Å²) in [5, 5.41) is 0.679. The second kappa shape index (κ2) is 6.41. The van der Waals surface area contributed by atoms with Crippen molar-refractivity contribution < 1.29 is 4.79 Å². The molecule has 108 valence electrons. The lowest BCUT2D eigenvalue weighted by Crippen LogP contribution is -1.96. The number of imidazole rings is 1. The Kier molecular flexibility index (Phi) is 4.17. The van der Waals surface area contributed by atoms with E-state index in [0.717, 1.165) is 11.3 Å². The van der Waals surface area contributed by atoms with E-state index >= 15 is 0 Å². The Bertz CT molecular complexity index is 788. The van der Waals surface area contributed by atoms with Gasteiger partial charge in [0, 0.05) is 28.7 Å². The first-order valence-corrected chi connectivity index (χ1v) is 7.16. The van der Waals surface area contributed by atoms with Gasteiger partial charge in [-0.1, -0.05) is 29.8 Å². The highest BCUT2D eigenvalue weighted by Gasteiger charge is 2.02. The normalized spacial score (nSPS) is 11.0. The monoisotopic (exact) mass is 308 g/mol. The van der Waals surface area contributed by atoms with E-state index in [-0.39, 0.29) is 5.78 Å². The first-order chi connectivity index (χ1) is 10.7. The summed E-state index contributed by atoms with van der Waals surface area (Å²) >= 11 is 5.83. The predicted molar refractivity (Wildman–Crippen MR) is 88.4 cm³/mol. The molecule has 3 rings (SSSR count). The van der Waals surface area contributed by atoms with Crippen molar-refractivity contribution in [1.29, 1.82) is 0 Å². The molecule has 0 saturated carbocycles. The standard InChI is InChI=1S/C18H13ClN2O/c19-16-6-1-14(2-7-16)3-10-18(22)15-4-8-17(9-5-15)21-12-11-20-13-21/h1-13H/b10-3+. The van der Waals surface area contributed by atoms with Gasteiger partial charge in [0.1, 0.15) is 0 Å². The van der Waals surface area contributed by atoms with Gasteiger partial charge in [0.05, 0.1) is 6.33 Å². The van der Waals surface area contributed by atoms with Crippen molar-refractivity contribution in [2.24, 2.45) is 0 Å². The van der Waals surface area contributed by atoms with Gasteiger partial charge in [-0.25, -0.2) is 4.98 Å². The molecule has 1 heterocycles. The molecule has 0 amide bonds. The molecule has 2 aromatic carbocycles. The van der Waals surface area contributed by atoms with Crippen LogP contribution in [0.3, 0.4) is 0 Å². The fourth-order valence-corrected chi connectivity index (χ4v) is 2.18. The number of allylic oxidation sites excluding steroid dienone is 1. The summed E-state index contributed by atoms with van der Waals surface area (Å²) in [6.07, 6.45) is 8.64. The highest BCUT2D eigenvalue weighted by Crippen LogP contribution is 2.13. The molecule has 1 aromatic heterocycles. The SMILES string of the molecule is O=C(/C=C/c1ccc(Cl)cc1)c1ccc(-n2ccnc2)cc1. The fourth-order valence-electron chi connectivity index (χ4n) is 2.05. The number of hydrogen-bond donors (Lipinski definition) is 0. The molecule has 0 aliphatic carbocycles. The molecule has 3 aromatic rings. The summed E-state index contributed by atoms with van der Waals surface area (Å²) in [5.74, 6) is -0.0351. The summed E-state index contributed by atoms with van der Waals surface area (Å²) in [6, 6.07) is 14.7. The quantitative estimate of drug-likeness (QED) is 0.528. The zero-order valence-corrected chi connectivity index (χ0v) is 12.4.